The van der Waals surface area contributed by atoms with Gasteiger partial charge in [0.1, 0.15) is 5.82 Å². The summed E-state index contributed by atoms with van der Waals surface area (Å²) < 4.78 is 1.47. The minimum Gasteiger partial charge on any atom is -0.368 e. The van der Waals surface area contributed by atoms with Crippen molar-refractivity contribution >= 4 is 22.5 Å². The Bertz CT molecular complexity index is 998. The second kappa shape index (κ2) is 7.09. The molecule has 0 radical (unpaired) electrons. The molecule has 0 amide bonds. The summed E-state index contributed by atoms with van der Waals surface area (Å²) >= 11 is 0. The Morgan fingerprint density at radius 3 is 2.96 bits per heavy atom. The number of hydrogen-bond acceptors (Lipinski definition) is 7. The lowest BCUT2D eigenvalue weighted by Crippen LogP contribution is -2.26. The number of anilines is 2. The highest BCUT2D eigenvalue weighted by Gasteiger charge is 2.15. The Labute approximate surface area is 150 Å². The van der Waals surface area contributed by atoms with Crippen LogP contribution >= 0.6 is 0 Å². The zero-order valence-electron chi connectivity index (χ0n) is 14.4. The maximum atomic E-state index is 12.5. The second-order valence-corrected chi connectivity index (χ2v) is 6.29. The van der Waals surface area contributed by atoms with Crippen LogP contribution in [0.15, 0.2) is 35.3 Å². The zero-order chi connectivity index (χ0) is 17.9. The largest absolute Gasteiger partial charge is 0.368 e. The van der Waals surface area contributed by atoms with Crippen molar-refractivity contribution in [2.45, 2.75) is 19.4 Å². The third-order valence-electron chi connectivity index (χ3n) is 4.58. The average molecular weight is 351 g/mol. The molecule has 1 aliphatic heterocycles. The van der Waals surface area contributed by atoms with E-state index >= 15 is 0 Å². The van der Waals surface area contributed by atoms with E-state index in [9.17, 15) is 4.79 Å². The van der Waals surface area contributed by atoms with E-state index < -0.39 is 0 Å². The van der Waals surface area contributed by atoms with Gasteiger partial charge in [0.15, 0.2) is 0 Å². The van der Waals surface area contributed by atoms with Crippen LogP contribution in [-0.2, 0) is 19.4 Å². The van der Waals surface area contributed by atoms with E-state index in [1.54, 1.807) is 6.20 Å². The van der Waals surface area contributed by atoms with Crippen LogP contribution in [0, 0.1) is 0 Å². The molecule has 3 aromatic rings. The van der Waals surface area contributed by atoms with E-state index in [1.165, 1.54) is 4.68 Å². The first-order chi connectivity index (χ1) is 12.7. The number of benzene rings is 1. The summed E-state index contributed by atoms with van der Waals surface area (Å²) in [7, 11) is 0. The van der Waals surface area contributed by atoms with Crippen LogP contribution in [0.25, 0.3) is 10.8 Å². The van der Waals surface area contributed by atoms with Crippen LogP contribution in [0.4, 0.5) is 11.8 Å². The number of nitrogens with one attached hydrogen (secondary N) is 2. The number of hydrogen-bond donors (Lipinski definition) is 3. The Morgan fingerprint density at radius 2 is 2.04 bits per heavy atom. The van der Waals surface area contributed by atoms with Crippen molar-refractivity contribution in [1.29, 1.82) is 0 Å². The number of nitrogen functional groups attached to an aromatic ring is 1. The first-order valence-corrected chi connectivity index (χ1v) is 8.77. The van der Waals surface area contributed by atoms with E-state index in [1.807, 2.05) is 24.3 Å². The molecule has 0 bridgehead atoms. The van der Waals surface area contributed by atoms with E-state index in [4.69, 9.17) is 5.73 Å². The summed E-state index contributed by atoms with van der Waals surface area (Å²) in [6.45, 7) is 2.75. The number of rotatable bonds is 4. The fourth-order valence-electron chi connectivity index (χ4n) is 3.28. The first-order valence-electron chi connectivity index (χ1n) is 8.77. The smallest absolute Gasteiger partial charge is 0.274 e. The molecule has 1 aromatic carbocycles. The molecule has 26 heavy (non-hydrogen) atoms. The normalized spacial score (nSPS) is 14.0. The Hall–Kier alpha value is -3.00. The van der Waals surface area contributed by atoms with Gasteiger partial charge in [0.05, 0.1) is 23.8 Å². The number of nitrogens with zero attached hydrogens (tertiary/aromatic N) is 4. The Morgan fingerprint density at radius 1 is 1.19 bits per heavy atom. The lowest BCUT2D eigenvalue weighted by atomic mass is 10.1. The van der Waals surface area contributed by atoms with Crippen molar-refractivity contribution in [3.05, 3.63) is 52.1 Å². The van der Waals surface area contributed by atoms with Gasteiger partial charge in [-0.15, -0.1) is 0 Å². The topological polar surface area (TPSA) is 111 Å². The van der Waals surface area contributed by atoms with Crippen molar-refractivity contribution in [3.63, 3.8) is 0 Å². The summed E-state index contributed by atoms with van der Waals surface area (Å²) in [5.74, 6) is 1.03. The maximum Gasteiger partial charge on any atom is 0.274 e. The number of aromatic nitrogens is 4. The third kappa shape index (κ3) is 3.23. The zero-order valence-corrected chi connectivity index (χ0v) is 14.4. The molecule has 0 unspecified atom stereocenters. The van der Waals surface area contributed by atoms with Crippen molar-refractivity contribution in [1.82, 2.24) is 25.1 Å². The molecule has 2 aromatic heterocycles. The molecular weight excluding hydrogens is 330 g/mol. The van der Waals surface area contributed by atoms with Crippen LogP contribution in [0.5, 0.6) is 0 Å². The maximum absolute atomic E-state index is 12.5. The molecule has 0 fully saturated rings. The third-order valence-corrected chi connectivity index (χ3v) is 4.58. The van der Waals surface area contributed by atoms with Gasteiger partial charge in [-0.1, -0.05) is 18.2 Å². The lowest BCUT2D eigenvalue weighted by Gasteiger charge is -2.14. The highest BCUT2D eigenvalue weighted by Crippen LogP contribution is 2.20. The van der Waals surface area contributed by atoms with Crippen molar-refractivity contribution in [2.24, 2.45) is 0 Å². The molecule has 8 heteroatoms. The summed E-state index contributed by atoms with van der Waals surface area (Å²) in [5.41, 5.74) is 7.86. The van der Waals surface area contributed by atoms with Crippen LogP contribution < -0.4 is 21.9 Å². The van der Waals surface area contributed by atoms with E-state index in [-0.39, 0.29) is 11.5 Å². The fourth-order valence-corrected chi connectivity index (χ4v) is 3.28. The van der Waals surface area contributed by atoms with Gasteiger partial charge >= 0.3 is 0 Å². The second-order valence-electron chi connectivity index (χ2n) is 6.29. The van der Waals surface area contributed by atoms with E-state index in [0.29, 0.717) is 18.5 Å². The number of fused-ring (bicyclic) bond motifs is 2. The van der Waals surface area contributed by atoms with E-state index in [2.05, 4.69) is 25.7 Å². The van der Waals surface area contributed by atoms with Gasteiger partial charge < -0.3 is 16.4 Å². The quantitative estimate of drug-likeness (QED) is 0.630. The molecule has 1 aliphatic rings. The SMILES string of the molecule is Nc1nc2c(c(NCCn3ncc4ccccc4c3=O)n1)CCNCC2. The average Bonchev–Trinajstić information content (AvgIpc) is 2.89. The molecular formula is C18H21N7O. The first kappa shape index (κ1) is 16.5. The molecule has 0 spiro atoms. The molecule has 134 valence electrons. The van der Waals surface area contributed by atoms with Gasteiger partial charge in [-0.05, 0) is 19.0 Å². The summed E-state index contributed by atoms with van der Waals surface area (Å²) in [5, 5.41) is 12.4. The van der Waals surface area contributed by atoms with Gasteiger partial charge in [0, 0.05) is 30.5 Å². The van der Waals surface area contributed by atoms with Crippen LogP contribution in [0.2, 0.25) is 0 Å². The minimum absolute atomic E-state index is 0.0878. The number of nitrogens with two attached hydrogens (primary N) is 1. The van der Waals surface area contributed by atoms with Gasteiger partial charge in [0.2, 0.25) is 5.95 Å². The van der Waals surface area contributed by atoms with Crippen LogP contribution in [0.1, 0.15) is 11.3 Å². The van der Waals surface area contributed by atoms with Crippen LogP contribution in [-0.4, -0.2) is 39.4 Å². The molecule has 8 nitrogen and oxygen atoms in total. The molecule has 4 rings (SSSR count). The highest BCUT2D eigenvalue weighted by molar-refractivity contribution is 5.80. The van der Waals surface area contributed by atoms with Gasteiger partial charge in [0.25, 0.3) is 5.56 Å². The van der Waals surface area contributed by atoms with Crippen molar-refractivity contribution < 1.29 is 0 Å². The Balaban J connectivity index is 1.53. The van der Waals surface area contributed by atoms with Crippen LogP contribution in [0.3, 0.4) is 0 Å². The summed E-state index contributed by atoms with van der Waals surface area (Å²) in [6.07, 6.45) is 3.41. The predicted molar refractivity (Wildman–Crippen MR) is 101 cm³/mol. The van der Waals surface area contributed by atoms with Gasteiger partial charge in [-0.2, -0.15) is 10.1 Å². The fraction of sp³-hybridized carbons (Fsp3) is 0.333. The summed E-state index contributed by atoms with van der Waals surface area (Å²) in [4.78, 5) is 21.2. The predicted octanol–water partition coefficient (Wildman–Crippen LogP) is 0.569. The molecule has 0 saturated heterocycles. The molecule has 3 heterocycles. The molecule has 4 N–H and O–H groups in total. The standard InChI is InChI=1S/C18H21N7O/c19-18-23-15-6-8-20-7-5-14(15)16(24-18)21-9-10-25-17(26)13-4-2-1-3-12(13)11-22-25/h1-4,11,20H,5-10H2,(H3,19,21,23,24). The van der Waals surface area contributed by atoms with E-state index in [0.717, 1.165) is 48.4 Å². The minimum atomic E-state index is -0.0878. The van der Waals surface area contributed by atoms with Crippen molar-refractivity contribution in [2.75, 3.05) is 30.7 Å². The Kier molecular flexibility index (Phi) is 4.49. The van der Waals surface area contributed by atoms with Gasteiger partial charge in [-0.3, -0.25) is 4.79 Å². The molecule has 0 atom stereocenters. The monoisotopic (exact) mass is 351 g/mol. The molecule has 0 saturated carbocycles. The highest BCUT2D eigenvalue weighted by atomic mass is 16.1. The summed E-state index contributed by atoms with van der Waals surface area (Å²) in [6, 6.07) is 7.47. The van der Waals surface area contributed by atoms with Crippen molar-refractivity contribution in [3.8, 4) is 0 Å². The lowest BCUT2D eigenvalue weighted by molar-refractivity contribution is 0.603. The van der Waals surface area contributed by atoms with Gasteiger partial charge in [-0.25, -0.2) is 9.67 Å². The molecule has 0 aliphatic carbocycles.